The maximum absolute atomic E-state index is 13.2. The lowest BCUT2D eigenvalue weighted by molar-refractivity contribution is -0.127. The molecule has 0 bridgehead atoms. The van der Waals surface area contributed by atoms with Gasteiger partial charge in [-0.3, -0.25) is 9.89 Å². The highest BCUT2D eigenvalue weighted by Crippen LogP contribution is 2.28. The fraction of sp³-hybridized carbons (Fsp3) is 0.444. The Morgan fingerprint density at radius 1 is 1.33 bits per heavy atom. The summed E-state index contributed by atoms with van der Waals surface area (Å²) in [6, 6.07) is 1.03. The monoisotopic (exact) mass is 371 g/mol. The third-order valence-corrected chi connectivity index (χ3v) is 4.59. The fourth-order valence-corrected chi connectivity index (χ4v) is 3.25. The van der Waals surface area contributed by atoms with Gasteiger partial charge in [0.05, 0.1) is 35.5 Å². The first-order valence-electron chi connectivity index (χ1n) is 8.97. The molecular formula is C18H25N7O2. The Balaban J connectivity index is 1.84. The molecule has 9 heteroatoms. The van der Waals surface area contributed by atoms with Gasteiger partial charge in [0.15, 0.2) is 0 Å². The summed E-state index contributed by atoms with van der Waals surface area (Å²) in [5.41, 5.74) is 4.29. The number of hydrogen-bond acceptors (Lipinski definition) is 4. The zero-order chi connectivity index (χ0) is 19.6. The molecule has 144 valence electrons. The van der Waals surface area contributed by atoms with E-state index in [0.717, 1.165) is 29.9 Å². The summed E-state index contributed by atoms with van der Waals surface area (Å²) in [5.74, 6) is -0.181. The highest BCUT2D eigenvalue weighted by atomic mass is 16.2. The van der Waals surface area contributed by atoms with Crippen molar-refractivity contribution in [3.8, 4) is 0 Å². The van der Waals surface area contributed by atoms with Crippen LogP contribution < -0.4 is 10.6 Å². The Kier molecular flexibility index (Phi) is 5.29. The molecule has 0 radical (unpaired) electrons. The van der Waals surface area contributed by atoms with Crippen LogP contribution in [0.5, 0.6) is 0 Å². The molecule has 3 amide bonds. The molecule has 4 N–H and O–H groups in total. The van der Waals surface area contributed by atoms with Crippen LogP contribution in [0.1, 0.15) is 49.1 Å². The van der Waals surface area contributed by atoms with Gasteiger partial charge >= 0.3 is 6.03 Å². The molecule has 27 heavy (non-hydrogen) atoms. The Hall–Kier alpha value is -3.10. The fourth-order valence-electron chi connectivity index (χ4n) is 3.25. The first-order valence-corrected chi connectivity index (χ1v) is 8.97. The van der Waals surface area contributed by atoms with E-state index in [9.17, 15) is 9.59 Å². The van der Waals surface area contributed by atoms with E-state index in [-0.39, 0.29) is 11.9 Å². The average molecular weight is 371 g/mol. The molecule has 1 atom stereocenters. The molecular weight excluding hydrogens is 346 g/mol. The highest BCUT2D eigenvalue weighted by molar-refractivity contribution is 5.98. The molecule has 2 aromatic heterocycles. The molecule has 0 fully saturated rings. The van der Waals surface area contributed by atoms with Gasteiger partial charge in [0.25, 0.3) is 5.91 Å². The summed E-state index contributed by atoms with van der Waals surface area (Å²) >= 11 is 0. The van der Waals surface area contributed by atoms with Crippen LogP contribution in [-0.4, -0.2) is 44.1 Å². The predicted octanol–water partition coefficient (Wildman–Crippen LogP) is 1.68. The van der Waals surface area contributed by atoms with E-state index in [2.05, 4.69) is 37.7 Å². The van der Waals surface area contributed by atoms with E-state index >= 15 is 0 Å². The molecule has 1 aliphatic rings. The number of carbonyl (C=O) groups excluding carboxylic acids is 2. The first kappa shape index (κ1) is 18.7. The number of likely N-dealkylation sites (N-methyl/N-ethyl adjacent to an activating group) is 1. The highest BCUT2D eigenvalue weighted by Gasteiger charge is 2.34. The Bertz CT molecular complexity index is 880. The largest absolute Gasteiger partial charge is 0.348 e. The van der Waals surface area contributed by atoms with Crippen molar-refractivity contribution in [2.45, 2.75) is 46.2 Å². The SMILES string of the molecule is CCCc1cc(CN(C)C(=O)C2=C(C)NC(=O)N[C@H]2c2nc[nH]c2C)[nH]n1. The van der Waals surface area contributed by atoms with Crippen molar-refractivity contribution in [3.05, 3.63) is 46.4 Å². The Morgan fingerprint density at radius 2 is 2.11 bits per heavy atom. The van der Waals surface area contributed by atoms with Gasteiger partial charge in [0.2, 0.25) is 0 Å². The van der Waals surface area contributed by atoms with E-state index in [4.69, 9.17) is 0 Å². The normalized spacial score (nSPS) is 16.9. The third kappa shape index (κ3) is 3.86. The van der Waals surface area contributed by atoms with Crippen molar-refractivity contribution in [1.82, 2.24) is 35.7 Å². The Labute approximate surface area is 157 Å². The van der Waals surface area contributed by atoms with E-state index < -0.39 is 6.04 Å². The molecule has 9 nitrogen and oxygen atoms in total. The number of nitrogens with one attached hydrogen (secondary N) is 4. The van der Waals surface area contributed by atoms with E-state index in [1.807, 2.05) is 13.0 Å². The van der Waals surface area contributed by atoms with Gasteiger partial charge in [0, 0.05) is 18.4 Å². The third-order valence-electron chi connectivity index (χ3n) is 4.59. The van der Waals surface area contributed by atoms with Gasteiger partial charge in [-0.15, -0.1) is 0 Å². The van der Waals surface area contributed by atoms with E-state index in [1.54, 1.807) is 25.2 Å². The van der Waals surface area contributed by atoms with Gasteiger partial charge in [0.1, 0.15) is 6.04 Å². The molecule has 0 saturated carbocycles. The molecule has 0 aliphatic carbocycles. The molecule has 2 aromatic rings. The minimum absolute atomic E-state index is 0.181. The zero-order valence-electron chi connectivity index (χ0n) is 16.0. The summed E-state index contributed by atoms with van der Waals surface area (Å²) in [6.45, 7) is 6.08. The number of carbonyl (C=O) groups is 2. The molecule has 0 unspecified atom stereocenters. The second-order valence-corrected chi connectivity index (χ2v) is 6.78. The van der Waals surface area contributed by atoms with Crippen molar-refractivity contribution in [2.75, 3.05) is 7.05 Å². The minimum Gasteiger partial charge on any atom is -0.348 e. The number of amides is 3. The summed E-state index contributed by atoms with van der Waals surface area (Å²) in [7, 11) is 1.73. The van der Waals surface area contributed by atoms with Gasteiger partial charge in [-0.05, 0) is 26.3 Å². The van der Waals surface area contributed by atoms with Crippen LogP contribution in [-0.2, 0) is 17.8 Å². The van der Waals surface area contributed by atoms with Crippen LogP contribution in [0.3, 0.4) is 0 Å². The maximum atomic E-state index is 13.2. The van der Waals surface area contributed by atoms with Gasteiger partial charge < -0.3 is 20.5 Å². The number of aromatic nitrogens is 4. The van der Waals surface area contributed by atoms with Crippen LogP contribution in [0.4, 0.5) is 4.79 Å². The molecule has 0 aromatic carbocycles. The summed E-state index contributed by atoms with van der Waals surface area (Å²) in [4.78, 5) is 34.0. The van der Waals surface area contributed by atoms with Crippen molar-refractivity contribution in [3.63, 3.8) is 0 Å². The van der Waals surface area contributed by atoms with Crippen LogP contribution in [0.2, 0.25) is 0 Å². The second-order valence-electron chi connectivity index (χ2n) is 6.78. The van der Waals surface area contributed by atoms with Crippen molar-refractivity contribution in [1.29, 1.82) is 0 Å². The van der Waals surface area contributed by atoms with E-state index in [1.165, 1.54) is 0 Å². The standard InChI is InChI=1S/C18H25N7O2/c1-5-6-12-7-13(24-23-12)8-25(4)17(26)14-10(2)21-18(27)22-16(14)15-11(3)19-9-20-15/h7,9,16H,5-6,8H2,1-4H3,(H,19,20)(H,23,24)(H2,21,22,27)/t16-/m1/s1. The molecule has 1 aliphatic heterocycles. The molecule has 0 saturated heterocycles. The van der Waals surface area contributed by atoms with Crippen molar-refractivity contribution in [2.24, 2.45) is 0 Å². The molecule has 3 rings (SSSR count). The van der Waals surface area contributed by atoms with Crippen LogP contribution in [0, 0.1) is 6.92 Å². The quantitative estimate of drug-likeness (QED) is 0.618. The first-order chi connectivity index (χ1) is 12.9. The van der Waals surface area contributed by atoms with Crippen LogP contribution in [0.15, 0.2) is 23.7 Å². The minimum atomic E-state index is -0.600. The number of aromatic amines is 2. The van der Waals surface area contributed by atoms with Gasteiger partial charge in [-0.1, -0.05) is 13.3 Å². The number of urea groups is 1. The number of hydrogen-bond donors (Lipinski definition) is 4. The predicted molar refractivity (Wildman–Crippen MR) is 99.5 cm³/mol. The van der Waals surface area contributed by atoms with Crippen molar-refractivity contribution < 1.29 is 9.59 Å². The lowest BCUT2D eigenvalue weighted by Crippen LogP contribution is -2.47. The number of aryl methyl sites for hydroxylation is 2. The maximum Gasteiger partial charge on any atom is 0.319 e. The topological polar surface area (TPSA) is 119 Å². The number of imidazole rings is 1. The summed E-state index contributed by atoms with van der Waals surface area (Å²) in [5, 5.41) is 12.7. The number of rotatable bonds is 6. The zero-order valence-corrected chi connectivity index (χ0v) is 16.0. The van der Waals surface area contributed by atoms with E-state index in [0.29, 0.717) is 23.5 Å². The van der Waals surface area contributed by atoms with Crippen LogP contribution in [0.25, 0.3) is 0 Å². The van der Waals surface area contributed by atoms with Gasteiger partial charge in [-0.2, -0.15) is 5.10 Å². The van der Waals surface area contributed by atoms with Gasteiger partial charge in [-0.25, -0.2) is 9.78 Å². The van der Waals surface area contributed by atoms with Crippen molar-refractivity contribution >= 4 is 11.9 Å². The number of nitrogens with zero attached hydrogens (tertiary/aromatic N) is 3. The number of H-pyrrole nitrogens is 2. The second kappa shape index (κ2) is 7.65. The summed E-state index contributed by atoms with van der Waals surface area (Å²) < 4.78 is 0. The molecule has 3 heterocycles. The lowest BCUT2D eigenvalue weighted by Gasteiger charge is -2.30. The van der Waals surface area contributed by atoms with Crippen LogP contribution >= 0.6 is 0 Å². The average Bonchev–Trinajstić information content (AvgIpc) is 3.23. The smallest absolute Gasteiger partial charge is 0.319 e. The number of allylic oxidation sites excluding steroid dienone is 1. The summed E-state index contributed by atoms with van der Waals surface area (Å²) in [6.07, 6.45) is 3.47. The lowest BCUT2D eigenvalue weighted by atomic mass is 9.97. The Morgan fingerprint density at radius 3 is 2.78 bits per heavy atom. The molecule has 0 spiro atoms.